The quantitative estimate of drug-likeness (QED) is 0.577. The molecule has 8 heteroatoms. The van der Waals surface area contributed by atoms with E-state index in [1.54, 1.807) is 31.4 Å². The maximum absolute atomic E-state index is 11.8. The van der Waals surface area contributed by atoms with Gasteiger partial charge in [0.15, 0.2) is 0 Å². The monoisotopic (exact) mass is 349 g/mol. The fourth-order valence-electron chi connectivity index (χ4n) is 1.52. The minimum Gasteiger partial charge on any atom is -0.383 e. The molecule has 0 atom stereocenters. The number of nitrogens with one attached hydrogen (secondary N) is 3. The molecular formula is C14H21Cl2N3O3. The molecule has 0 radical (unpaired) electrons. The summed E-state index contributed by atoms with van der Waals surface area (Å²) in [5.41, 5.74) is 0.534. The van der Waals surface area contributed by atoms with Gasteiger partial charge < -0.3 is 20.7 Å². The van der Waals surface area contributed by atoms with Crippen molar-refractivity contribution in [3.63, 3.8) is 0 Å². The number of hydrogen-bond acceptors (Lipinski definition) is 4. The van der Waals surface area contributed by atoms with Gasteiger partial charge in [0.25, 0.3) is 5.91 Å². The molecule has 1 aromatic rings. The van der Waals surface area contributed by atoms with E-state index in [1.807, 2.05) is 0 Å². The van der Waals surface area contributed by atoms with Crippen molar-refractivity contribution in [1.29, 1.82) is 0 Å². The SMILES string of the molecule is COCCNCC(=O)NCCNC(=O)c1ccc(Cl)cc1.Cl. The smallest absolute Gasteiger partial charge is 0.251 e. The van der Waals surface area contributed by atoms with E-state index in [0.29, 0.717) is 36.8 Å². The third-order valence-corrected chi connectivity index (χ3v) is 2.86. The van der Waals surface area contributed by atoms with Crippen molar-refractivity contribution in [2.75, 3.05) is 39.9 Å². The third kappa shape index (κ3) is 8.84. The molecule has 0 aromatic heterocycles. The molecule has 1 rings (SSSR count). The van der Waals surface area contributed by atoms with Crippen LogP contribution in [0.15, 0.2) is 24.3 Å². The molecule has 0 saturated carbocycles. The van der Waals surface area contributed by atoms with Crippen molar-refractivity contribution in [1.82, 2.24) is 16.0 Å². The van der Waals surface area contributed by atoms with Crippen LogP contribution in [0.1, 0.15) is 10.4 Å². The second-order valence-electron chi connectivity index (χ2n) is 4.28. The number of carbonyl (C=O) groups excluding carboxylic acids is 2. The highest BCUT2D eigenvalue weighted by Crippen LogP contribution is 2.08. The van der Waals surface area contributed by atoms with Gasteiger partial charge in [-0.2, -0.15) is 0 Å². The van der Waals surface area contributed by atoms with Crippen LogP contribution in [0.2, 0.25) is 5.02 Å². The number of rotatable bonds is 9. The van der Waals surface area contributed by atoms with Crippen molar-refractivity contribution >= 4 is 35.8 Å². The zero-order chi connectivity index (χ0) is 15.5. The molecular weight excluding hydrogens is 329 g/mol. The first-order valence-corrected chi connectivity index (χ1v) is 7.01. The van der Waals surface area contributed by atoms with Crippen molar-refractivity contribution in [2.24, 2.45) is 0 Å². The number of methoxy groups -OCH3 is 1. The van der Waals surface area contributed by atoms with E-state index < -0.39 is 0 Å². The summed E-state index contributed by atoms with van der Waals surface area (Å²) in [5, 5.41) is 8.92. The van der Waals surface area contributed by atoms with E-state index in [0.717, 1.165) is 0 Å². The Labute approximate surface area is 141 Å². The average molecular weight is 350 g/mol. The molecule has 2 amide bonds. The van der Waals surface area contributed by atoms with Gasteiger partial charge in [-0.15, -0.1) is 12.4 Å². The van der Waals surface area contributed by atoms with Gasteiger partial charge in [0.05, 0.1) is 13.2 Å². The highest BCUT2D eigenvalue weighted by molar-refractivity contribution is 6.30. The first-order valence-electron chi connectivity index (χ1n) is 6.63. The molecule has 124 valence electrons. The van der Waals surface area contributed by atoms with Crippen LogP contribution in [-0.4, -0.2) is 51.7 Å². The predicted octanol–water partition coefficient (Wildman–Crippen LogP) is 0.844. The van der Waals surface area contributed by atoms with Crippen molar-refractivity contribution in [2.45, 2.75) is 0 Å². The maximum atomic E-state index is 11.8. The molecule has 0 aliphatic carbocycles. The Balaban J connectivity index is 0.00000441. The van der Waals surface area contributed by atoms with E-state index in [1.165, 1.54) is 0 Å². The molecule has 1 aromatic carbocycles. The molecule has 0 unspecified atom stereocenters. The van der Waals surface area contributed by atoms with Gasteiger partial charge in [-0.3, -0.25) is 9.59 Å². The Morgan fingerprint density at radius 2 is 1.73 bits per heavy atom. The minimum atomic E-state index is -0.195. The van der Waals surface area contributed by atoms with Crippen LogP contribution in [0, 0.1) is 0 Å². The Bertz CT molecular complexity index is 455. The van der Waals surface area contributed by atoms with E-state index in [9.17, 15) is 9.59 Å². The molecule has 6 nitrogen and oxygen atoms in total. The van der Waals surface area contributed by atoms with Crippen LogP contribution in [-0.2, 0) is 9.53 Å². The van der Waals surface area contributed by atoms with Crippen molar-refractivity contribution in [3.8, 4) is 0 Å². The fourth-order valence-corrected chi connectivity index (χ4v) is 1.65. The van der Waals surface area contributed by atoms with Gasteiger partial charge in [0, 0.05) is 37.3 Å². The van der Waals surface area contributed by atoms with E-state index in [-0.39, 0.29) is 30.8 Å². The van der Waals surface area contributed by atoms with Gasteiger partial charge >= 0.3 is 0 Å². The Morgan fingerprint density at radius 1 is 1.09 bits per heavy atom. The second-order valence-corrected chi connectivity index (χ2v) is 4.72. The zero-order valence-electron chi connectivity index (χ0n) is 12.4. The highest BCUT2D eigenvalue weighted by Gasteiger charge is 2.04. The Hall–Kier alpha value is -1.34. The zero-order valence-corrected chi connectivity index (χ0v) is 13.9. The van der Waals surface area contributed by atoms with E-state index in [2.05, 4.69) is 16.0 Å². The summed E-state index contributed by atoms with van der Waals surface area (Å²) in [6, 6.07) is 6.61. The number of benzene rings is 1. The van der Waals surface area contributed by atoms with Crippen LogP contribution >= 0.6 is 24.0 Å². The standard InChI is InChI=1S/C14H20ClN3O3.ClH/c1-21-9-8-16-10-13(19)17-6-7-18-14(20)11-2-4-12(15)5-3-11;/h2-5,16H,6-10H2,1H3,(H,17,19)(H,18,20);1H. The number of ether oxygens (including phenoxy) is 1. The van der Waals surface area contributed by atoms with Gasteiger partial charge in [0.2, 0.25) is 5.91 Å². The minimum absolute atomic E-state index is 0. The third-order valence-electron chi connectivity index (χ3n) is 2.61. The van der Waals surface area contributed by atoms with Crippen molar-refractivity contribution in [3.05, 3.63) is 34.9 Å². The molecule has 3 N–H and O–H groups in total. The lowest BCUT2D eigenvalue weighted by Gasteiger charge is -2.08. The van der Waals surface area contributed by atoms with Crippen molar-refractivity contribution < 1.29 is 14.3 Å². The van der Waals surface area contributed by atoms with Crippen LogP contribution in [0.4, 0.5) is 0 Å². The summed E-state index contributed by atoms with van der Waals surface area (Å²) < 4.78 is 4.85. The molecule has 0 spiro atoms. The Kier molecular flexibility index (Phi) is 11.5. The van der Waals surface area contributed by atoms with Crippen LogP contribution in [0.25, 0.3) is 0 Å². The summed E-state index contributed by atoms with van der Waals surface area (Å²) in [6.45, 7) is 2.16. The summed E-state index contributed by atoms with van der Waals surface area (Å²) in [4.78, 5) is 23.2. The molecule has 22 heavy (non-hydrogen) atoms. The summed E-state index contributed by atoms with van der Waals surface area (Å²) in [5.74, 6) is -0.314. The second kappa shape index (κ2) is 12.2. The van der Waals surface area contributed by atoms with E-state index in [4.69, 9.17) is 16.3 Å². The van der Waals surface area contributed by atoms with Gasteiger partial charge in [-0.1, -0.05) is 11.6 Å². The number of halogens is 2. The molecule has 0 aliphatic heterocycles. The van der Waals surface area contributed by atoms with Crippen LogP contribution in [0.3, 0.4) is 0 Å². The number of carbonyl (C=O) groups is 2. The lowest BCUT2D eigenvalue weighted by molar-refractivity contribution is -0.120. The number of hydrogen-bond donors (Lipinski definition) is 3. The molecule has 0 bridgehead atoms. The van der Waals surface area contributed by atoms with E-state index >= 15 is 0 Å². The predicted molar refractivity (Wildman–Crippen MR) is 88.8 cm³/mol. The molecule has 0 aliphatic rings. The van der Waals surface area contributed by atoms with Gasteiger partial charge in [-0.25, -0.2) is 0 Å². The van der Waals surface area contributed by atoms with Gasteiger partial charge in [0.1, 0.15) is 0 Å². The number of amides is 2. The summed E-state index contributed by atoms with van der Waals surface area (Å²) in [7, 11) is 1.60. The fraction of sp³-hybridized carbons (Fsp3) is 0.429. The topological polar surface area (TPSA) is 79.5 Å². The molecule has 0 fully saturated rings. The normalized spacial score (nSPS) is 9.73. The summed E-state index contributed by atoms with van der Waals surface area (Å²) >= 11 is 5.75. The average Bonchev–Trinajstić information content (AvgIpc) is 2.48. The Morgan fingerprint density at radius 3 is 2.36 bits per heavy atom. The summed E-state index contributed by atoms with van der Waals surface area (Å²) in [6.07, 6.45) is 0. The first kappa shape index (κ1) is 20.7. The van der Waals surface area contributed by atoms with Gasteiger partial charge in [-0.05, 0) is 24.3 Å². The first-order chi connectivity index (χ1) is 10.1. The highest BCUT2D eigenvalue weighted by atomic mass is 35.5. The maximum Gasteiger partial charge on any atom is 0.251 e. The largest absolute Gasteiger partial charge is 0.383 e. The molecule has 0 saturated heterocycles. The van der Waals surface area contributed by atoms with Crippen LogP contribution in [0.5, 0.6) is 0 Å². The molecule has 0 heterocycles. The lowest BCUT2D eigenvalue weighted by Crippen LogP contribution is -2.39. The lowest BCUT2D eigenvalue weighted by atomic mass is 10.2. The van der Waals surface area contributed by atoms with Crippen LogP contribution < -0.4 is 16.0 Å².